The van der Waals surface area contributed by atoms with Crippen LogP contribution in [0.2, 0.25) is 0 Å². The first-order chi connectivity index (χ1) is 5.24. The lowest BCUT2D eigenvalue weighted by molar-refractivity contribution is -0.0788. The van der Waals surface area contributed by atoms with Crippen molar-refractivity contribution in [3.8, 4) is 0 Å². The molecule has 0 unspecified atom stereocenters. The van der Waals surface area contributed by atoms with Crippen LogP contribution in [0.4, 0.5) is 4.53 Å². The van der Waals surface area contributed by atoms with E-state index in [0.717, 1.165) is 5.56 Å². The molecule has 0 aliphatic carbocycles. The number of hydrogen-bond acceptors (Lipinski definition) is 3. The second kappa shape index (κ2) is 3.09. The van der Waals surface area contributed by atoms with Gasteiger partial charge in [-0.15, -0.1) is 0 Å². The van der Waals surface area contributed by atoms with Gasteiger partial charge in [-0.05, 0) is 18.6 Å². The van der Waals surface area contributed by atoms with Gasteiger partial charge in [0, 0.05) is 16.9 Å². The van der Waals surface area contributed by atoms with Crippen molar-refractivity contribution in [2.75, 3.05) is 0 Å². The standard InChI is InChI=1S/C7H6FNO2/c1-5-2-6(4-9-3-5)7(10)11-8/h2-4H,1H3. The molecule has 0 aromatic carbocycles. The predicted octanol–water partition coefficient (Wildman–Crippen LogP) is 1.43. The van der Waals surface area contributed by atoms with E-state index in [-0.39, 0.29) is 5.56 Å². The molecule has 0 radical (unpaired) electrons. The number of nitrogens with zero attached hydrogens (tertiary/aromatic N) is 1. The minimum Gasteiger partial charge on any atom is -0.264 e. The van der Waals surface area contributed by atoms with Crippen LogP contribution in [-0.4, -0.2) is 11.0 Å². The molecule has 0 N–H and O–H groups in total. The summed E-state index contributed by atoms with van der Waals surface area (Å²) in [6.07, 6.45) is 2.81. The Morgan fingerprint density at radius 1 is 1.64 bits per heavy atom. The summed E-state index contributed by atoms with van der Waals surface area (Å²) in [5.74, 6) is -1.01. The monoisotopic (exact) mass is 155 g/mol. The Bertz CT molecular complexity index is 275. The van der Waals surface area contributed by atoms with Gasteiger partial charge in [0.05, 0.1) is 5.56 Å². The van der Waals surface area contributed by atoms with Crippen LogP contribution >= 0.6 is 0 Å². The minimum absolute atomic E-state index is 0.118. The first kappa shape index (κ1) is 7.65. The largest absolute Gasteiger partial charge is 0.381 e. The first-order valence-corrected chi connectivity index (χ1v) is 2.98. The lowest BCUT2D eigenvalue weighted by atomic mass is 10.2. The SMILES string of the molecule is Cc1cncc(C(=O)OF)c1. The molecule has 0 bridgehead atoms. The van der Waals surface area contributed by atoms with Crippen molar-refractivity contribution in [1.82, 2.24) is 4.98 Å². The molecule has 58 valence electrons. The highest BCUT2D eigenvalue weighted by molar-refractivity contribution is 5.88. The summed E-state index contributed by atoms with van der Waals surface area (Å²) in [6.45, 7) is 1.75. The second-order valence-electron chi connectivity index (χ2n) is 2.12. The van der Waals surface area contributed by atoms with Crippen LogP contribution in [0.3, 0.4) is 0 Å². The molecule has 0 aliphatic heterocycles. The fourth-order valence-corrected chi connectivity index (χ4v) is 0.711. The first-order valence-electron chi connectivity index (χ1n) is 2.98. The molecule has 3 nitrogen and oxygen atoms in total. The molecule has 1 rings (SSSR count). The minimum atomic E-state index is -1.01. The Balaban J connectivity index is 2.96. The molecule has 0 aliphatic rings. The Hall–Kier alpha value is -1.45. The number of carbonyl (C=O) groups excluding carboxylic acids is 1. The van der Waals surface area contributed by atoms with Gasteiger partial charge in [0.15, 0.2) is 0 Å². The van der Waals surface area contributed by atoms with E-state index >= 15 is 0 Å². The zero-order valence-corrected chi connectivity index (χ0v) is 5.87. The number of pyridine rings is 1. The maximum absolute atomic E-state index is 11.3. The number of aryl methyl sites for hydroxylation is 1. The Morgan fingerprint density at radius 2 is 2.36 bits per heavy atom. The Labute approximate surface area is 62.7 Å². The topological polar surface area (TPSA) is 39.2 Å². The van der Waals surface area contributed by atoms with Crippen LogP contribution in [0, 0.1) is 6.92 Å². The van der Waals surface area contributed by atoms with Crippen molar-refractivity contribution in [2.45, 2.75) is 6.92 Å². The molecular weight excluding hydrogens is 149 g/mol. The smallest absolute Gasteiger partial charge is 0.264 e. The van der Waals surface area contributed by atoms with Crippen molar-refractivity contribution in [3.63, 3.8) is 0 Å². The van der Waals surface area contributed by atoms with E-state index in [2.05, 4.69) is 9.93 Å². The number of halogens is 1. The Kier molecular flexibility index (Phi) is 2.15. The average Bonchev–Trinajstić information content (AvgIpc) is 2.03. The van der Waals surface area contributed by atoms with Gasteiger partial charge in [0.2, 0.25) is 0 Å². The summed E-state index contributed by atoms with van der Waals surface area (Å²) in [5.41, 5.74) is 0.903. The number of hydrogen-bond donors (Lipinski definition) is 0. The highest BCUT2D eigenvalue weighted by Gasteiger charge is 2.06. The van der Waals surface area contributed by atoms with E-state index in [1.54, 1.807) is 13.1 Å². The second-order valence-corrected chi connectivity index (χ2v) is 2.12. The number of rotatable bonds is 1. The maximum Gasteiger partial charge on any atom is 0.381 e. The van der Waals surface area contributed by atoms with Gasteiger partial charge >= 0.3 is 5.97 Å². The molecule has 0 saturated heterocycles. The van der Waals surface area contributed by atoms with Crippen LogP contribution in [0.5, 0.6) is 0 Å². The quantitative estimate of drug-likeness (QED) is 0.615. The Morgan fingerprint density at radius 3 is 2.91 bits per heavy atom. The third-order valence-corrected chi connectivity index (χ3v) is 1.18. The van der Waals surface area contributed by atoms with Crippen LogP contribution in [0.1, 0.15) is 15.9 Å². The van der Waals surface area contributed by atoms with Gasteiger partial charge in [0.25, 0.3) is 0 Å². The molecule has 0 saturated carbocycles. The van der Waals surface area contributed by atoms with Crippen molar-refractivity contribution < 1.29 is 14.3 Å². The molecule has 0 amide bonds. The van der Waals surface area contributed by atoms with E-state index in [0.29, 0.717) is 0 Å². The molecule has 11 heavy (non-hydrogen) atoms. The third-order valence-electron chi connectivity index (χ3n) is 1.18. The van der Waals surface area contributed by atoms with E-state index in [4.69, 9.17) is 0 Å². The van der Waals surface area contributed by atoms with Gasteiger partial charge in [-0.3, -0.25) is 4.98 Å². The fourth-order valence-electron chi connectivity index (χ4n) is 0.711. The molecule has 1 aromatic heterocycles. The third kappa shape index (κ3) is 1.73. The van der Waals surface area contributed by atoms with Gasteiger partial charge in [-0.25, -0.2) is 9.74 Å². The van der Waals surface area contributed by atoms with Gasteiger partial charge in [-0.1, -0.05) is 0 Å². The summed E-state index contributed by atoms with van der Waals surface area (Å²) < 4.78 is 11.3. The van der Waals surface area contributed by atoms with Gasteiger partial charge in [-0.2, -0.15) is 0 Å². The molecule has 1 aromatic rings. The zero-order chi connectivity index (χ0) is 8.27. The van der Waals surface area contributed by atoms with Crippen molar-refractivity contribution in [1.29, 1.82) is 0 Å². The summed E-state index contributed by atoms with van der Waals surface area (Å²) in [5, 5.41) is 0. The van der Waals surface area contributed by atoms with E-state index in [9.17, 15) is 9.32 Å². The predicted molar refractivity (Wildman–Crippen MR) is 35.5 cm³/mol. The maximum atomic E-state index is 11.3. The normalized spacial score (nSPS) is 9.27. The molecule has 0 atom stereocenters. The highest BCUT2D eigenvalue weighted by atomic mass is 19.3. The average molecular weight is 155 g/mol. The summed E-state index contributed by atoms with van der Waals surface area (Å²) >= 11 is 0. The van der Waals surface area contributed by atoms with Crippen molar-refractivity contribution in [2.24, 2.45) is 0 Å². The lowest BCUT2D eigenvalue weighted by Crippen LogP contribution is -1.99. The van der Waals surface area contributed by atoms with E-state index in [1.807, 2.05) is 0 Å². The molecule has 0 spiro atoms. The summed E-state index contributed by atoms with van der Waals surface area (Å²) in [4.78, 5) is 17.2. The molecular formula is C7H6FNO2. The van der Waals surface area contributed by atoms with Crippen LogP contribution in [0.15, 0.2) is 18.5 Å². The fraction of sp³-hybridized carbons (Fsp3) is 0.143. The van der Waals surface area contributed by atoms with E-state index in [1.165, 1.54) is 12.3 Å². The molecule has 4 heteroatoms. The van der Waals surface area contributed by atoms with Gasteiger partial charge in [0.1, 0.15) is 0 Å². The van der Waals surface area contributed by atoms with Crippen LogP contribution in [0.25, 0.3) is 0 Å². The zero-order valence-electron chi connectivity index (χ0n) is 5.87. The van der Waals surface area contributed by atoms with E-state index < -0.39 is 5.97 Å². The van der Waals surface area contributed by atoms with Crippen molar-refractivity contribution in [3.05, 3.63) is 29.6 Å². The summed E-state index contributed by atoms with van der Waals surface area (Å²) in [6, 6.07) is 1.49. The lowest BCUT2D eigenvalue weighted by Gasteiger charge is -1.94. The van der Waals surface area contributed by atoms with Crippen molar-refractivity contribution >= 4 is 5.97 Å². The van der Waals surface area contributed by atoms with Gasteiger partial charge < -0.3 is 0 Å². The number of aromatic nitrogens is 1. The number of carbonyl (C=O) groups is 1. The van der Waals surface area contributed by atoms with Crippen LogP contribution < -0.4 is 0 Å². The highest BCUT2D eigenvalue weighted by Crippen LogP contribution is 2.02. The molecule has 0 fully saturated rings. The molecule has 1 heterocycles. The summed E-state index contributed by atoms with van der Waals surface area (Å²) in [7, 11) is 0. The van der Waals surface area contributed by atoms with Crippen LogP contribution in [-0.2, 0) is 4.94 Å².